The summed E-state index contributed by atoms with van der Waals surface area (Å²) < 4.78 is 25.8. The standard InChI is InChI=1S/C16H18FNO2S2/c1-11(2)16(12-5-7-13(17)8-6-12)18-14(19)10-22(20)15-4-3-9-21-15/h3-9,11,16H,10H2,1-2H3,(H,18,19)/t16-,22+/m1/s1. The number of thiophene rings is 1. The van der Waals surface area contributed by atoms with Crippen LogP contribution in [0.5, 0.6) is 0 Å². The molecule has 118 valence electrons. The van der Waals surface area contributed by atoms with Gasteiger partial charge in [-0.1, -0.05) is 32.0 Å². The molecule has 22 heavy (non-hydrogen) atoms. The van der Waals surface area contributed by atoms with Gasteiger partial charge in [0.25, 0.3) is 0 Å². The Bertz CT molecular complexity index is 639. The molecule has 0 saturated carbocycles. The lowest BCUT2D eigenvalue weighted by molar-refractivity contribution is -0.119. The molecule has 0 saturated heterocycles. The zero-order valence-corrected chi connectivity index (χ0v) is 14.0. The first-order valence-corrected chi connectivity index (χ1v) is 9.14. The van der Waals surface area contributed by atoms with Crippen molar-refractivity contribution in [1.29, 1.82) is 0 Å². The molecule has 1 N–H and O–H groups in total. The Morgan fingerprint density at radius 1 is 1.27 bits per heavy atom. The first-order chi connectivity index (χ1) is 10.5. The van der Waals surface area contributed by atoms with Crippen molar-refractivity contribution in [2.45, 2.75) is 24.1 Å². The van der Waals surface area contributed by atoms with Gasteiger partial charge in [-0.15, -0.1) is 11.3 Å². The van der Waals surface area contributed by atoms with Crippen LogP contribution in [0.2, 0.25) is 0 Å². The molecule has 0 fully saturated rings. The van der Waals surface area contributed by atoms with Crippen LogP contribution in [0.3, 0.4) is 0 Å². The van der Waals surface area contributed by atoms with Crippen molar-refractivity contribution in [2.24, 2.45) is 5.92 Å². The normalized spacial score (nSPS) is 13.8. The number of rotatable bonds is 6. The summed E-state index contributed by atoms with van der Waals surface area (Å²) in [4.78, 5) is 12.1. The number of hydrogen-bond donors (Lipinski definition) is 1. The molecular formula is C16H18FNO2S2. The van der Waals surface area contributed by atoms with E-state index >= 15 is 0 Å². The van der Waals surface area contributed by atoms with Gasteiger partial charge in [-0.3, -0.25) is 9.00 Å². The van der Waals surface area contributed by atoms with Crippen molar-refractivity contribution in [3.8, 4) is 0 Å². The van der Waals surface area contributed by atoms with Crippen molar-refractivity contribution in [3.05, 3.63) is 53.2 Å². The molecule has 0 spiro atoms. The zero-order valence-electron chi connectivity index (χ0n) is 12.4. The average Bonchev–Trinajstić information content (AvgIpc) is 3.00. The van der Waals surface area contributed by atoms with E-state index in [4.69, 9.17) is 0 Å². The summed E-state index contributed by atoms with van der Waals surface area (Å²) in [6.45, 7) is 3.95. The maximum Gasteiger partial charge on any atom is 0.233 e. The van der Waals surface area contributed by atoms with Gasteiger partial charge in [-0.2, -0.15) is 0 Å². The van der Waals surface area contributed by atoms with E-state index in [0.717, 1.165) is 5.56 Å². The van der Waals surface area contributed by atoms with E-state index < -0.39 is 10.8 Å². The van der Waals surface area contributed by atoms with Crippen LogP contribution >= 0.6 is 11.3 Å². The lowest BCUT2D eigenvalue weighted by atomic mass is 9.96. The van der Waals surface area contributed by atoms with Crippen molar-refractivity contribution in [2.75, 3.05) is 5.75 Å². The Balaban J connectivity index is 2.03. The quantitative estimate of drug-likeness (QED) is 0.875. The number of hydrogen-bond acceptors (Lipinski definition) is 3. The van der Waals surface area contributed by atoms with Crippen LogP contribution in [0, 0.1) is 11.7 Å². The highest BCUT2D eigenvalue weighted by Gasteiger charge is 2.20. The molecule has 1 heterocycles. The predicted molar refractivity (Wildman–Crippen MR) is 87.7 cm³/mol. The third-order valence-electron chi connectivity index (χ3n) is 3.19. The number of benzene rings is 1. The molecule has 3 nitrogen and oxygen atoms in total. The summed E-state index contributed by atoms with van der Waals surface area (Å²) in [6.07, 6.45) is 0. The molecule has 1 aromatic heterocycles. The SMILES string of the molecule is CC(C)[C@@H](NC(=O)C[S@](=O)c1cccs1)c1ccc(F)cc1. The van der Waals surface area contributed by atoms with E-state index in [-0.39, 0.29) is 29.4 Å². The summed E-state index contributed by atoms with van der Waals surface area (Å²) in [7, 11) is -1.33. The van der Waals surface area contributed by atoms with Crippen LogP contribution in [0.25, 0.3) is 0 Å². The number of amides is 1. The topological polar surface area (TPSA) is 46.2 Å². The lowest BCUT2D eigenvalue weighted by Crippen LogP contribution is -2.34. The van der Waals surface area contributed by atoms with Crippen molar-refractivity contribution in [1.82, 2.24) is 5.32 Å². The summed E-state index contributed by atoms with van der Waals surface area (Å²) in [6, 6.07) is 9.42. The molecule has 0 unspecified atom stereocenters. The Kier molecular flexibility index (Phi) is 5.85. The fourth-order valence-corrected chi connectivity index (χ4v) is 4.02. The largest absolute Gasteiger partial charge is 0.348 e. The van der Waals surface area contributed by atoms with E-state index in [9.17, 15) is 13.4 Å². The van der Waals surface area contributed by atoms with E-state index in [1.54, 1.807) is 18.2 Å². The van der Waals surface area contributed by atoms with Crippen LogP contribution in [0.1, 0.15) is 25.5 Å². The van der Waals surface area contributed by atoms with E-state index in [1.165, 1.54) is 23.5 Å². The molecule has 0 aliphatic rings. The van der Waals surface area contributed by atoms with Gasteiger partial charge in [-0.25, -0.2) is 4.39 Å². The van der Waals surface area contributed by atoms with Crippen molar-refractivity contribution in [3.63, 3.8) is 0 Å². The summed E-state index contributed by atoms with van der Waals surface area (Å²) in [5.41, 5.74) is 0.839. The second-order valence-electron chi connectivity index (χ2n) is 5.26. The van der Waals surface area contributed by atoms with Gasteiger partial charge in [0.05, 0.1) is 21.1 Å². The highest BCUT2D eigenvalue weighted by molar-refractivity contribution is 7.88. The molecule has 2 atom stereocenters. The van der Waals surface area contributed by atoms with Crippen LogP contribution in [-0.4, -0.2) is 15.9 Å². The fraction of sp³-hybridized carbons (Fsp3) is 0.312. The Labute approximate surface area is 136 Å². The van der Waals surface area contributed by atoms with Crippen LogP contribution in [0.15, 0.2) is 46.0 Å². The molecule has 0 radical (unpaired) electrons. The first kappa shape index (κ1) is 16.8. The van der Waals surface area contributed by atoms with Crippen molar-refractivity contribution >= 4 is 28.0 Å². The highest BCUT2D eigenvalue weighted by atomic mass is 32.2. The maximum atomic E-state index is 13.0. The number of halogens is 1. The van der Waals surface area contributed by atoms with Crippen LogP contribution in [0.4, 0.5) is 4.39 Å². The second-order valence-corrected chi connectivity index (χ2v) is 7.89. The molecule has 0 aliphatic carbocycles. The van der Waals surface area contributed by atoms with E-state index in [2.05, 4.69) is 5.32 Å². The monoisotopic (exact) mass is 339 g/mol. The minimum Gasteiger partial charge on any atom is -0.348 e. The van der Waals surface area contributed by atoms with Gasteiger partial charge < -0.3 is 5.32 Å². The number of carbonyl (C=O) groups is 1. The minimum atomic E-state index is -1.33. The van der Waals surface area contributed by atoms with Gasteiger partial charge in [0.15, 0.2) is 0 Å². The maximum absolute atomic E-state index is 13.0. The molecule has 1 aromatic carbocycles. The molecule has 0 aliphatic heterocycles. The van der Waals surface area contributed by atoms with Gasteiger partial charge in [-0.05, 0) is 35.1 Å². The molecule has 2 aromatic rings. The molecule has 1 amide bonds. The Morgan fingerprint density at radius 3 is 2.50 bits per heavy atom. The van der Waals surface area contributed by atoms with Gasteiger partial charge in [0, 0.05) is 0 Å². The minimum absolute atomic E-state index is 0.0646. The summed E-state index contributed by atoms with van der Waals surface area (Å²) >= 11 is 1.37. The summed E-state index contributed by atoms with van der Waals surface area (Å²) in [5, 5.41) is 4.73. The summed E-state index contributed by atoms with van der Waals surface area (Å²) in [5.74, 6) is -0.499. The van der Waals surface area contributed by atoms with Crippen LogP contribution < -0.4 is 5.32 Å². The average molecular weight is 339 g/mol. The van der Waals surface area contributed by atoms with Gasteiger partial charge in [0.2, 0.25) is 5.91 Å². The highest BCUT2D eigenvalue weighted by Crippen LogP contribution is 2.22. The zero-order chi connectivity index (χ0) is 16.1. The number of nitrogens with one attached hydrogen (secondary N) is 1. The predicted octanol–water partition coefficient (Wildman–Crippen LogP) is 3.51. The van der Waals surface area contributed by atoms with Gasteiger partial charge >= 0.3 is 0 Å². The lowest BCUT2D eigenvalue weighted by Gasteiger charge is -2.22. The third-order valence-corrected chi connectivity index (χ3v) is 5.81. The Hall–Kier alpha value is -1.53. The van der Waals surface area contributed by atoms with Crippen LogP contribution in [-0.2, 0) is 15.6 Å². The molecular weight excluding hydrogens is 321 g/mol. The van der Waals surface area contributed by atoms with Gasteiger partial charge in [0.1, 0.15) is 11.6 Å². The second kappa shape index (κ2) is 7.65. The number of carbonyl (C=O) groups excluding carboxylic acids is 1. The molecule has 2 rings (SSSR count). The van der Waals surface area contributed by atoms with Crippen molar-refractivity contribution < 1.29 is 13.4 Å². The Morgan fingerprint density at radius 2 is 1.95 bits per heavy atom. The molecule has 6 heteroatoms. The first-order valence-electron chi connectivity index (χ1n) is 6.94. The third kappa shape index (κ3) is 4.48. The fourth-order valence-electron chi connectivity index (χ4n) is 2.10. The van der Waals surface area contributed by atoms with E-state index in [1.807, 2.05) is 25.3 Å². The van der Waals surface area contributed by atoms with E-state index in [0.29, 0.717) is 4.21 Å². The smallest absolute Gasteiger partial charge is 0.233 e. The molecule has 0 bridgehead atoms.